The standard InChI is InChI=1S/C19H23N3O4/c1-13-5-10-17(22(24)25)19(14(13)2)20-18(23)12-21(3)11-15-6-8-16(26-4)9-7-15/h5-10H,11-12H2,1-4H3,(H,20,23). The maximum atomic E-state index is 12.4. The van der Waals surface area contributed by atoms with Crippen molar-refractivity contribution >= 4 is 17.3 Å². The average molecular weight is 357 g/mol. The fourth-order valence-corrected chi connectivity index (χ4v) is 2.63. The fraction of sp³-hybridized carbons (Fsp3) is 0.316. The smallest absolute Gasteiger partial charge is 0.293 e. The first-order valence-corrected chi connectivity index (χ1v) is 8.17. The Morgan fingerprint density at radius 3 is 2.42 bits per heavy atom. The third-order valence-electron chi connectivity index (χ3n) is 4.20. The number of carbonyl (C=O) groups excluding carboxylic acids is 1. The molecule has 2 aromatic carbocycles. The maximum absolute atomic E-state index is 12.4. The highest BCUT2D eigenvalue weighted by atomic mass is 16.6. The minimum atomic E-state index is -0.483. The molecule has 7 heteroatoms. The van der Waals surface area contributed by atoms with Crippen LogP contribution in [0.5, 0.6) is 5.75 Å². The normalized spacial score (nSPS) is 10.7. The van der Waals surface area contributed by atoms with E-state index in [0.29, 0.717) is 12.1 Å². The Hall–Kier alpha value is -2.93. The van der Waals surface area contributed by atoms with Crippen LogP contribution in [0.4, 0.5) is 11.4 Å². The number of ether oxygens (including phenoxy) is 1. The SMILES string of the molecule is COc1ccc(CN(C)CC(=O)Nc2c([N+](=O)[O-])ccc(C)c2C)cc1. The van der Waals surface area contributed by atoms with E-state index in [2.05, 4.69) is 5.32 Å². The van der Waals surface area contributed by atoms with Gasteiger partial charge in [0.05, 0.1) is 18.6 Å². The van der Waals surface area contributed by atoms with Crippen molar-refractivity contribution in [2.24, 2.45) is 0 Å². The van der Waals surface area contributed by atoms with Crippen LogP contribution in [0.3, 0.4) is 0 Å². The van der Waals surface area contributed by atoms with E-state index in [1.807, 2.05) is 43.1 Å². The lowest BCUT2D eigenvalue weighted by Crippen LogP contribution is -2.30. The number of nitro benzene ring substituents is 1. The molecule has 2 rings (SSSR count). The van der Waals surface area contributed by atoms with E-state index in [1.165, 1.54) is 6.07 Å². The Labute approximate surface area is 152 Å². The number of methoxy groups -OCH3 is 1. The van der Waals surface area contributed by atoms with E-state index in [9.17, 15) is 14.9 Å². The fourth-order valence-electron chi connectivity index (χ4n) is 2.63. The van der Waals surface area contributed by atoms with Crippen molar-refractivity contribution in [1.29, 1.82) is 0 Å². The van der Waals surface area contributed by atoms with Crippen LogP contribution in [0.25, 0.3) is 0 Å². The lowest BCUT2D eigenvalue weighted by molar-refractivity contribution is -0.384. The van der Waals surface area contributed by atoms with Crippen LogP contribution < -0.4 is 10.1 Å². The molecule has 0 saturated carbocycles. The molecule has 0 saturated heterocycles. The quantitative estimate of drug-likeness (QED) is 0.607. The largest absolute Gasteiger partial charge is 0.497 e. The van der Waals surface area contributed by atoms with Crippen LogP contribution >= 0.6 is 0 Å². The minimum Gasteiger partial charge on any atom is -0.497 e. The van der Waals surface area contributed by atoms with E-state index >= 15 is 0 Å². The second kappa shape index (κ2) is 8.44. The third kappa shape index (κ3) is 4.80. The minimum absolute atomic E-state index is 0.0979. The van der Waals surface area contributed by atoms with Crippen LogP contribution in [0.2, 0.25) is 0 Å². The van der Waals surface area contributed by atoms with Gasteiger partial charge in [0.25, 0.3) is 5.69 Å². The summed E-state index contributed by atoms with van der Waals surface area (Å²) in [5.74, 6) is 0.481. The van der Waals surface area contributed by atoms with Gasteiger partial charge in [0.15, 0.2) is 0 Å². The average Bonchev–Trinajstić information content (AvgIpc) is 2.59. The predicted octanol–water partition coefficient (Wildman–Crippen LogP) is 3.29. The third-order valence-corrected chi connectivity index (χ3v) is 4.20. The van der Waals surface area contributed by atoms with Crippen molar-refractivity contribution in [2.45, 2.75) is 20.4 Å². The molecule has 0 radical (unpaired) electrons. The second-order valence-corrected chi connectivity index (χ2v) is 6.23. The Morgan fingerprint density at radius 2 is 1.85 bits per heavy atom. The molecule has 138 valence electrons. The van der Waals surface area contributed by atoms with Crippen LogP contribution in [-0.4, -0.2) is 36.4 Å². The molecule has 0 unspecified atom stereocenters. The summed E-state index contributed by atoms with van der Waals surface area (Å²) in [6, 6.07) is 10.7. The lowest BCUT2D eigenvalue weighted by atomic mass is 10.1. The van der Waals surface area contributed by atoms with Crippen molar-refractivity contribution in [2.75, 3.05) is 26.0 Å². The molecular weight excluding hydrogens is 334 g/mol. The van der Waals surface area contributed by atoms with E-state index < -0.39 is 4.92 Å². The number of amides is 1. The first kappa shape index (κ1) is 19.4. The van der Waals surface area contributed by atoms with Crippen LogP contribution in [0.15, 0.2) is 36.4 Å². The summed E-state index contributed by atoms with van der Waals surface area (Å²) in [4.78, 5) is 24.9. The maximum Gasteiger partial charge on any atom is 0.293 e. The number of hydrogen-bond acceptors (Lipinski definition) is 5. The van der Waals surface area contributed by atoms with Crippen molar-refractivity contribution in [3.05, 3.63) is 63.2 Å². The van der Waals surface area contributed by atoms with Gasteiger partial charge >= 0.3 is 0 Å². The summed E-state index contributed by atoms with van der Waals surface area (Å²) in [5, 5.41) is 13.9. The molecule has 2 aromatic rings. The second-order valence-electron chi connectivity index (χ2n) is 6.23. The molecule has 0 spiro atoms. The van der Waals surface area contributed by atoms with Crippen molar-refractivity contribution in [3.8, 4) is 5.75 Å². The molecule has 0 bridgehead atoms. The van der Waals surface area contributed by atoms with Crippen molar-refractivity contribution < 1.29 is 14.5 Å². The topological polar surface area (TPSA) is 84.7 Å². The van der Waals surface area contributed by atoms with E-state index in [1.54, 1.807) is 20.1 Å². The zero-order valence-electron chi connectivity index (χ0n) is 15.4. The molecule has 0 aromatic heterocycles. The monoisotopic (exact) mass is 357 g/mol. The van der Waals surface area contributed by atoms with E-state index in [0.717, 1.165) is 16.9 Å². The predicted molar refractivity (Wildman–Crippen MR) is 101 cm³/mol. The number of anilines is 1. The lowest BCUT2D eigenvalue weighted by Gasteiger charge is -2.17. The molecule has 0 aliphatic heterocycles. The number of likely N-dealkylation sites (N-methyl/N-ethyl adjacent to an activating group) is 1. The molecule has 26 heavy (non-hydrogen) atoms. The van der Waals surface area contributed by atoms with Gasteiger partial charge < -0.3 is 10.1 Å². The highest BCUT2D eigenvalue weighted by Crippen LogP contribution is 2.30. The first-order valence-electron chi connectivity index (χ1n) is 8.17. The van der Waals surface area contributed by atoms with Gasteiger partial charge in [-0.3, -0.25) is 19.8 Å². The highest BCUT2D eigenvalue weighted by molar-refractivity contribution is 5.95. The first-order chi connectivity index (χ1) is 12.3. The van der Waals surface area contributed by atoms with Gasteiger partial charge in [-0.15, -0.1) is 0 Å². The molecule has 0 aliphatic carbocycles. The highest BCUT2D eigenvalue weighted by Gasteiger charge is 2.20. The molecule has 1 N–H and O–H groups in total. The number of carbonyl (C=O) groups is 1. The van der Waals surface area contributed by atoms with Gasteiger partial charge in [0, 0.05) is 12.6 Å². The van der Waals surface area contributed by atoms with Crippen molar-refractivity contribution in [3.63, 3.8) is 0 Å². The van der Waals surface area contributed by atoms with Crippen LogP contribution in [-0.2, 0) is 11.3 Å². The summed E-state index contributed by atoms with van der Waals surface area (Å²) in [5.41, 5.74) is 2.79. The molecule has 7 nitrogen and oxygen atoms in total. The van der Waals surface area contributed by atoms with Gasteiger partial charge in [-0.05, 0) is 49.7 Å². The van der Waals surface area contributed by atoms with Crippen LogP contribution in [0.1, 0.15) is 16.7 Å². The Balaban J connectivity index is 2.04. The Morgan fingerprint density at radius 1 is 1.19 bits per heavy atom. The van der Waals surface area contributed by atoms with Gasteiger partial charge in [-0.25, -0.2) is 0 Å². The van der Waals surface area contributed by atoms with Gasteiger partial charge in [-0.2, -0.15) is 0 Å². The summed E-state index contributed by atoms with van der Waals surface area (Å²) < 4.78 is 5.12. The van der Waals surface area contributed by atoms with Gasteiger partial charge in [-0.1, -0.05) is 18.2 Å². The zero-order chi connectivity index (χ0) is 19.3. The zero-order valence-corrected chi connectivity index (χ0v) is 15.4. The molecule has 1 amide bonds. The number of hydrogen-bond donors (Lipinski definition) is 1. The summed E-state index contributed by atoms with van der Waals surface area (Å²) in [6.45, 7) is 4.31. The number of rotatable bonds is 7. The number of aryl methyl sites for hydroxylation is 1. The summed E-state index contributed by atoms with van der Waals surface area (Å²) >= 11 is 0. The molecular formula is C19H23N3O4. The number of nitrogens with zero attached hydrogens (tertiary/aromatic N) is 2. The summed E-state index contributed by atoms with van der Waals surface area (Å²) in [7, 11) is 3.43. The Kier molecular flexibility index (Phi) is 6.30. The van der Waals surface area contributed by atoms with E-state index in [4.69, 9.17) is 4.74 Å². The van der Waals surface area contributed by atoms with Gasteiger partial charge in [0.1, 0.15) is 11.4 Å². The van der Waals surface area contributed by atoms with Crippen molar-refractivity contribution in [1.82, 2.24) is 4.90 Å². The van der Waals surface area contributed by atoms with Gasteiger partial charge in [0.2, 0.25) is 5.91 Å². The number of nitrogens with one attached hydrogen (secondary N) is 1. The number of nitro groups is 1. The molecule has 0 heterocycles. The molecule has 0 aliphatic rings. The number of benzene rings is 2. The summed E-state index contributed by atoms with van der Waals surface area (Å²) in [6.07, 6.45) is 0. The molecule has 0 fully saturated rings. The van der Waals surface area contributed by atoms with Crippen LogP contribution in [0, 0.1) is 24.0 Å². The van der Waals surface area contributed by atoms with E-state index in [-0.39, 0.29) is 23.8 Å². The molecule has 0 atom stereocenters. The Bertz CT molecular complexity index is 803.